The van der Waals surface area contributed by atoms with Gasteiger partial charge in [-0.05, 0) is 31.4 Å². The summed E-state index contributed by atoms with van der Waals surface area (Å²) in [5.74, 6) is -4.53. The third-order valence-electron chi connectivity index (χ3n) is 6.70. The topological polar surface area (TPSA) is 229 Å². The number of nitrogens with two attached hydrogens (primary N) is 1. The van der Waals surface area contributed by atoms with Crippen molar-refractivity contribution in [2.75, 3.05) is 11.5 Å². The zero-order valence-corrected chi connectivity index (χ0v) is 24.2. The van der Waals surface area contributed by atoms with Crippen LogP contribution in [0.2, 0.25) is 0 Å². The van der Waals surface area contributed by atoms with Crippen molar-refractivity contribution in [2.24, 2.45) is 5.16 Å². The van der Waals surface area contributed by atoms with E-state index in [1.54, 1.807) is 23.0 Å². The van der Waals surface area contributed by atoms with Gasteiger partial charge in [-0.3, -0.25) is 14.5 Å². The van der Waals surface area contributed by atoms with Crippen LogP contribution in [0.5, 0.6) is 11.5 Å². The molecule has 1 aromatic carbocycles. The number of thiazole rings is 1. The molecule has 7 N–H and O–H groups in total. The van der Waals surface area contributed by atoms with Gasteiger partial charge in [0.15, 0.2) is 41.3 Å². The molecule has 4 heterocycles. The molecule has 0 aliphatic carbocycles. The molecule has 2 atom stereocenters. The van der Waals surface area contributed by atoms with Crippen molar-refractivity contribution in [1.82, 2.24) is 15.2 Å². The number of phenols is 2. The zero-order chi connectivity index (χ0) is 31.2. The van der Waals surface area contributed by atoms with Crippen LogP contribution in [0.3, 0.4) is 0 Å². The van der Waals surface area contributed by atoms with Crippen LogP contribution in [0.25, 0.3) is 10.8 Å². The molecule has 0 saturated carbocycles. The largest absolute Gasteiger partial charge is 0.504 e. The molecular formula is C26H25N6O9S2+. The summed E-state index contributed by atoms with van der Waals surface area (Å²) in [7, 11) is 0. The summed E-state index contributed by atoms with van der Waals surface area (Å²) in [6.07, 6.45) is 3.36. The first-order valence-corrected chi connectivity index (χ1v) is 14.5. The van der Waals surface area contributed by atoms with E-state index < -0.39 is 46.5 Å². The number of nitrogens with zero attached hydrogens (tertiary/aromatic N) is 4. The van der Waals surface area contributed by atoms with E-state index in [-0.39, 0.29) is 40.3 Å². The summed E-state index contributed by atoms with van der Waals surface area (Å²) >= 11 is 2.27. The Bertz CT molecular complexity index is 1750. The smallest absolute Gasteiger partial charge is 0.352 e. The Balaban J connectivity index is 1.37. The fourth-order valence-corrected chi connectivity index (χ4v) is 6.28. The lowest BCUT2D eigenvalue weighted by molar-refractivity contribution is -0.687. The van der Waals surface area contributed by atoms with Gasteiger partial charge in [-0.15, -0.1) is 23.1 Å². The lowest BCUT2D eigenvalue weighted by Crippen LogP contribution is -2.71. The standard InChI is InChI=1S/C26H24N6O9S2/c1-26(2,24(39)40)41-30-17(14-10-43-25(27)28-14)20(35)29-18-21(36)32-19(23(37)38)13(9-42-22(18)32)8-31-4-3-11-5-15(33)16(34)6-12(11)7-31/h3-7,10,18,22H,8-9H2,1-2H3,(H6,27,28,29,34,35,37,38,39,40)/p+1/t18-,22-/m1/s1. The van der Waals surface area contributed by atoms with Crippen molar-refractivity contribution < 1.29 is 49.0 Å². The molecular weight excluding hydrogens is 604 g/mol. The zero-order valence-electron chi connectivity index (χ0n) is 22.5. The lowest BCUT2D eigenvalue weighted by Gasteiger charge is -2.49. The number of benzene rings is 1. The number of carbonyl (C=O) groups excluding carboxylic acids is 2. The van der Waals surface area contributed by atoms with Crippen LogP contribution in [0.1, 0.15) is 19.5 Å². The molecule has 1 fully saturated rings. The quantitative estimate of drug-likeness (QED) is 0.0629. The van der Waals surface area contributed by atoms with E-state index in [0.29, 0.717) is 16.3 Å². The van der Waals surface area contributed by atoms with Crippen molar-refractivity contribution in [3.05, 3.63) is 52.9 Å². The number of phenolic OH excluding ortho intramolecular Hbond substituents is 2. The normalized spacial score (nSPS) is 18.7. The number of thioether (sulfide) groups is 1. The number of carboxylic acid groups (broad SMARTS) is 2. The maximum atomic E-state index is 13.2. The highest BCUT2D eigenvalue weighted by Gasteiger charge is 2.55. The number of aliphatic carboxylic acids is 2. The highest BCUT2D eigenvalue weighted by Crippen LogP contribution is 2.40. The number of carbonyl (C=O) groups is 4. The van der Waals surface area contributed by atoms with Crippen LogP contribution in [0, 0.1) is 0 Å². The Morgan fingerprint density at radius 3 is 2.56 bits per heavy atom. The number of anilines is 1. The predicted molar refractivity (Wildman–Crippen MR) is 153 cm³/mol. The molecule has 15 nitrogen and oxygen atoms in total. The minimum absolute atomic E-state index is 0.00506. The van der Waals surface area contributed by atoms with Gasteiger partial charge in [-0.25, -0.2) is 19.1 Å². The molecule has 2 amide bonds. The van der Waals surface area contributed by atoms with Crippen LogP contribution >= 0.6 is 23.1 Å². The molecule has 0 radical (unpaired) electrons. The van der Waals surface area contributed by atoms with Crippen LogP contribution < -0.4 is 15.6 Å². The Hall–Kier alpha value is -4.90. The van der Waals surface area contributed by atoms with E-state index in [1.165, 1.54) is 43.1 Å². The number of aromatic hydroxyl groups is 2. The number of carboxylic acids is 2. The molecule has 43 heavy (non-hydrogen) atoms. The first-order valence-electron chi connectivity index (χ1n) is 12.5. The summed E-state index contributed by atoms with van der Waals surface area (Å²) in [5, 5.41) is 47.3. The molecule has 3 aromatic rings. The van der Waals surface area contributed by atoms with Crippen molar-refractivity contribution in [2.45, 2.75) is 37.4 Å². The van der Waals surface area contributed by atoms with E-state index in [9.17, 15) is 39.6 Å². The summed E-state index contributed by atoms with van der Waals surface area (Å²) in [4.78, 5) is 60.4. The number of nitrogens with one attached hydrogen (secondary N) is 1. The summed E-state index contributed by atoms with van der Waals surface area (Å²) in [6.45, 7) is 2.59. The third kappa shape index (κ3) is 5.63. The predicted octanol–water partition coefficient (Wildman–Crippen LogP) is 0.600. The summed E-state index contributed by atoms with van der Waals surface area (Å²) < 4.78 is 1.70. The van der Waals surface area contributed by atoms with Crippen LogP contribution in [0.4, 0.5) is 5.13 Å². The number of oxime groups is 1. The molecule has 2 aromatic heterocycles. The van der Waals surface area contributed by atoms with E-state index >= 15 is 0 Å². The lowest BCUT2D eigenvalue weighted by atomic mass is 10.0. The number of fused-ring (bicyclic) bond motifs is 2. The third-order valence-corrected chi connectivity index (χ3v) is 8.71. The number of rotatable bonds is 9. The fourth-order valence-electron chi connectivity index (χ4n) is 4.40. The fraction of sp³-hybridized carbons (Fsp3) is 0.269. The molecule has 2 aliphatic rings. The molecule has 0 bridgehead atoms. The van der Waals surface area contributed by atoms with Crippen LogP contribution in [-0.4, -0.2) is 82.5 Å². The SMILES string of the molecule is CC(C)(ON=C(C(=O)N[C@@H]1C(=O)N2C(C(=O)O)=C(C[n+]3ccc4cc(O)c(O)cc4c3)CS[C@H]12)c1csc(N)n1)C(=O)O. The van der Waals surface area contributed by atoms with E-state index in [2.05, 4.69) is 15.5 Å². The maximum Gasteiger partial charge on any atom is 0.352 e. The highest BCUT2D eigenvalue weighted by atomic mass is 32.2. The first kappa shape index (κ1) is 29.6. The second-order valence-electron chi connectivity index (χ2n) is 10.1. The number of pyridine rings is 1. The second-order valence-corrected chi connectivity index (χ2v) is 12.1. The molecule has 0 unspecified atom stereocenters. The van der Waals surface area contributed by atoms with Gasteiger partial charge in [-0.1, -0.05) is 5.16 Å². The number of aromatic nitrogens is 2. The Kier molecular flexibility index (Phi) is 7.61. The average Bonchev–Trinajstić information content (AvgIpc) is 3.37. The molecule has 224 valence electrons. The van der Waals surface area contributed by atoms with Crippen molar-refractivity contribution in [1.29, 1.82) is 0 Å². The van der Waals surface area contributed by atoms with E-state index in [0.717, 1.165) is 16.2 Å². The van der Waals surface area contributed by atoms with Gasteiger partial charge in [0.2, 0.25) is 5.60 Å². The van der Waals surface area contributed by atoms with Crippen LogP contribution in [-0.2, 0) is 30.6 Å². The highest BCUT2D eigenvalue weighted by molar-refractivity contribution is 8.00. The minimum atomic E-state index is -1.78. The van der Waals surface area contributed by atoms with Crippen molar-refractivity contribution in [3.63, 3.8) is 0 Å². The number of β-lactam (4-membered cyclic amide) rings is 1. The molecule has 0 spiro atoms. The molecule has 5 rings (SSSR count). The Morgan fingerprint density at radius 2 is 1.93 bits per heavy atom. The number of hydrogen-bond donors (Lipinski definition) is 6. The Labute approximate surface area is 250 Å². The molecule has 1 saturated heterocycles. The van der Waals surface area contributed by atoms with E-state index in [1.807, 2.05) is 0 Å². The van der Waals surface area contributed by atoms with Crippen LogP contribution in [0.15, 0.2) is 52.4 Å². The number of nitrogen functional groups attached to an aromatic ring is 1. The number of amides is 2. The monoisotopic (exact) mass is 629 g/mol. The van der Waals surface area contributed by atoms with E-state index in [4.69, 9.17) is 10.6 Å². The molecule has 2 aliphatic heterocycles. The van der Waals surface area contributed by atoms with Gasteiger partial charge >= 0.3 is 11.9 Å². The average molecular weight is 630 g/mol. The first-order chi connectivity index (χ1) is 20.3. The second kappa shape index (κ2) is 11.1. The van der Waals surface area contributed by atoms with Gasteiger partial charge < -0.3 is 36.3 Å². The minimum Gasteiger partial charge on any atom is -0.504 e. The number of hydrogen-bond acceptors (Lipinski definition) is 12. The van der Waals surface area contributed by atoms with Gasteiger partial charge in [0.1, 0.15) is 22.8 Å². The summed E-state index contributed by atoms with van der Waals surface area (Å²) in [5.41, 5.74) is 3.75. The maximum absolute atomic E-state index is 13.2. The van der Waals surface area contributed by atoms with Crippen molar-refractivity contribution in [3.8, 4) is 11.5 Å². The van der Waals surface area contributed by atoms with Crippen molar-refractivity contribution >= 4 is 68.5 Å². The van der Waals surface area contributed by atoms with Gasteiger partial charge in [0.25, 0.3) is 11.8 Å². The van der Waals surface area contributed by atoms with Gasteiger partial charge in [0.05, 0.1) is 0 Å². The Morgan fingerprint density at radius 1 is 1.23 bits per heavy atom. The van der Waals surface area contributed by atoms with Gasteiger partial charge in [-0.2, -0.15) is 0 Å². The van der Waals surface area contributed by atoms with Gasteiger partial charge in [0, 0.05) is 28.2 Å². The molecule has 17 heteroatoms. The summed E-state index contributed by atoms with van der Waals surface area (Å²) in [6, 6.07) is 3.39.